The SMILES string of the molecule is CCC[C@H](NC(=O)[C@H](CCCCNC(=O)OC(C)(C)C)NC(=O)C1CCCC1)C(=O)CCC(=S)NC(C)(C)C(=O)O. The predicted octanol–water partition coefficient (Wildman–Crippen LogP) is 3.77. The highest BCUT2D eigenvalue weighted by Crippen LogP contribution is 2.25. The zero-order valence-corrected chi connectivity index (χ0v) is 26.3. The monoisotopic (exact) mass is 598 g/mol. The van der Waals surface area contributed by atoms with Crippen LogP contribution in [0.3, 0.4) is 0 Å². The van der Waals surface area contributed by atoms with Crippen LogP contribution in [0, 0.1) is 5.92 Å². The van der Waals surface area contributed by atoms with Gasteiger partial charge in [0.2, 0.25) is 11.8 Å². The highest BCUT2D eigenvalue weighted by atomic mass is 32.1. The van der Waals surface area contributed by atoms with E-state index in [9.17, 15) is 29.1 Å². The second kappa shape index (κ2) is 17.3. The Morgan fingerprint density at radius 3 is 2.12 bits per heavy atom. The van der Waals surface area contributed by atoms with Crippen molar-refractivity contribution < 1.29 is 33.8 Å². The molecule has 0 heterocycles. The smallest absolute Gasteiger partial charge is 0.407 e. The molecular formula is C29H50N4O7S. The van der Waals surface area contributed by atoms with E-state index >= 15 is 0 Å². The molecule has 0 bridgehead atoms. The lowest BCUT2D eigenvalue weighted by Crippen LogP contribution is -2.52. The number of carbonyl (C=O) groups excluding carboxylic acids is 4. The van der Waals surface area contributed by atoms with Crippen LogP contribution in [0.2, 0.25) is 0 Å². The van der Waals surface area contributed by atoms with Crippen molar-refractivity contribution >= 4 is 46.9 Å². The number of thiocarbonyl (C=S) groups is 1. The molecule has 2 atom stereocenters. The first-order chi connectivity index (χ1) is 19.1. The van der Waals surface area contributed by atoms with Crippen molar-refractivity contribution in [2.24, 2.45) is 5.92 Å². The highest BCUT2D eigenvalue weighted by molar-refractivity contribution is 7.80. The van der Waals surface area contributed by atoms with Gasteiger partial charge in [0.15, 0.2) is 5.78 Å². The summed E-state index contributed by atoms with van der Waals surface area (Å²) in [6.07, 6.45) is 5.82. The second-order valence-electron chi connectivity index (χ2n) is 12.3. The van der Waals surface area contributed by atoms with Gasteiger partial charge in [0.05, 0.1) is 11.0 Å². The third kappa shape index (κ3) is 14.6. The van der Waals surface area contributed by atoms with Gasteiger partial charge in [-0.1, -0.05) is 38.4 Å². The summed E-state index contributed by atoms with van der Waals surface area (Å²) in [4.78, 5) is 62.7. The normalized spacial score (nSPS) is 15.4. The van der Waals surface area contributed by atoms with E-state index in [-0.39, 0.29) is 35.4 Å². The van der Waals surface area contributed by atoms with Crippen molar-refractivity contribution in [3.8, 4) is 0 Å². The van der Waals surface area contributed by atoms with E-state index in [0.29, 0.717) is 38.6 Å². The molecule has 0 radical (unpaired) electrons. The fourth-order valence-corrected chi connectivity index (χ4v) is 4.83. The first kappa shape index (κ1) is 36.3. The number of unbranched alkanes of at least 4 members (excludes halogenated alkanes) is 1. The van der Waals surface area contributed by atoms with Crippen LogP contribution < -0.4 is 21.3 Å². The fraction of sp³-hybridized carbons (Fsp3) is 0.793. The number of carboxylic acid groups (broad SMARTS) is 1. The lowest BCUT2D eigenvalue weighted by molar-refractivity contribution is -0.142. The van der Waals surface area contributed by atoms with Gasteiger partial charge in [0, 0.05) is 25.3 Å². The van der Waals surface area contributed by atoms with Gasteiger partial charge in [-0.3, -0.25) is 14.4 Å². The molecule has 0 aromatic rings. The van der Waals surface area contributed by atoms with Crippen LogP contribution in [0.5, 0.6) is 0 Å². The number of carbonyl (C=O) groups is 5. The van der Waals surface area contributed by atoms with E-state index in [1.54, 1.807) is 20.8 Å². The van der Waals surface area contributed by atoms with Crippen LogP contribution in [0.25, 0.3) is 0 Å². The van der Waals surface area contributed by atoms with Crippen LogP contribution in [0.15, 0.2) is 0 Å². The van der Waals surface area contributed by atoms with Crippen molar-refractivity contribution in [2.45, 2.75) is 135 Å². The number of carboxylic acids is 1. The molecule has 1 aliphatic rings. The Hall–Kier alpha value is -2.76. The van der Waals surface area contributed by atoms with Crippen LogP contribution >= 0.6 is 12.2 Å². The standard InChI is InChI=1S/C29H50N4O7S/c1-7-12-20(22(34)16-17-23(41)33-29(5,6)26(37)38)31-25(36)21(32-24(35)19-13-8-9-14-19)15-10-11-18-30-27(39)40-28(2,3)4/h19-21H,7-18H2,1-6H3,(H,30,39)(H,31,36)(H,32,35)(H,33,41)(H,37,38)/t20-,21-/m0/s1. The van der Waals surface area contributed by atoms with Crippen LogP contribution in [-0.2, 0) is 23.9 Å². The number of hydrogen-bond acceptors (Lipinski definition) is 7. The lowest BCUT2D eigenvalue weighted by atomic mass is 10.0. The molecule has 0 aromatic heterocycles. The quantitative estimate of drug-likeness (QED) is 0.124. The van der Waals surface area contributed by atoms with E-state index in [2.05, 4.69) is 21.3 Å². The molecule has 12 heteroatoms. The number of rotatable bonds is 17. The molecule has 0 spiro atoms. The number of hydrogen-bond donors (Lipinski definition) is 5. The van der Waals surface area contributed by atoms with E-state index in [0.717, 1.165) is 25.7 Å². The molecule has 5 N–H and O–H groups in total. The maximum Gasteiger partial charge on any atom is 0.407 e. The first-order valence-electron chi connectivity index (χ1n) is 14.7. The van der Waals surface area contributed by atoms with Gasteiger partial charge < -0.3 is 31.1 Å². The highest BCUT2D eigenvalue weighted by Gasteiger charge is 2.31. The van der Waals surface area contributed by atoms with Crippen LogP contribution in [-0.4, -0.2) is 69.5 Å². The van der Waals surface area contributed by atoms with Gasteiger partial charge in [0.1, 0.15) is 17.2 Å². The summed E-state index contributed by atoms with van der Waals surface area (Å²) in [5.41, 5.74) is -1.86. The molecule has 1 saturated carbocycles. The zero-order valence-electron chi connectivity index (χ0n) is 25.5. The van der Waals surface area contributed by atoms with Crippen molar-refractivity contribution in [2.75, 3.05) is 6.54 Å². The number of ether oxygens (including phenoxy) is 1. The second-order valence-corrected chi connectivity index (χ2v) is 12.8. The van der Waals surface area contributed by atoms with Gasteiger partial charge in [-0.05, 0) is 73.1 Å². The Balaban J connectivity index is 2.76. The third-order valence-electron chi connectivity index (χ3n) is 6.81. The molecule has 11 nitrogen and oxygen atoms in total. The topological polar surface area (TPSA) is 163 Å². The summed E-state index contributed by atoms with van der Waals surface area (Å²) < 4.78 is 5.23. The molecule has 234 valence electrons. The van der Waals surface area contributed by atoms with Crippen molar-refractivity contribution in [3.05, 3.63) is 0 Å². The predicted molar refractivity (Wildman–Crippen MR) is 161 cm³/mol. The minimum atomic E-state index is -1.26. The van der Waals surface area contributed by atoms with Gasteiger partial charge in [-0.2, -0.15) is 0 Å². The third-order valence-corrected chi connectivity index (χ3v) is 7.12. The summed E-state index contributed by atoms with van der Waals surface area (Å²) in [7, 11) is 0. The van der Waals surface area contributed by atoms with Gasteiger partial charge in [-0.25, -0.2) is 9.59 Å². The molecule has 41 heavy (non-hydrogen) atoms. The van der Waals surface area contributed by atoms with E-state index in [4.69, 9.17) is 17.0 Å². The number of alkyl carbamates (subject to hydrolysis) is 1. The molecule has 1 aliphatic carbocycles. The van der Waals surface area contributed by atoms with Gasteiger partial charge in [0.25, 0.3) is 0 Å². The van der Waals surface area contributed by atoms with Crippen LogP contribution in [0.4, 0.5) is 4.79 Å². The lowest BCUT2D eigenvalue weighted by Gasteiger charge is -2.25. The molecule has 0 aliphatic heterocycles. The van der Waals surface area contributed by atoms with Crippen molar-refractivity contribution in [3.63, 3.8) is 0 Å². The molecular weight excluding hydrogens is 548 g/mol. The van der Waals surface area contributed by atoms with E-state index < -0.39 is 41.2 Å². The number of aliphatic carboxylic acids is 1. The Bertz CT molecular complexity index is 927. The maximum absolute atomic E-state index is 13.3. The summed E-state index contributed by atoms with van der Waals surface area (Å²) in [6.45, 7) is 10.6. The molecule has 3 amide bonds. The van der Waals surface area contributed by atoms with Crippen LogP contribution in [0.1, 0.15) is 112 Å². The average Bonchev–Trinajstić information content (AvgIpc) is 3.40. The molecule has 0 saturated heterocycles. The number of nitrogens with one attached hydrogen (secondary N) is 4. The Morgan fingerprint density at radius 2 is 1.56 bits per heavy atom. The minimum Gasteiger partial charge on any atom is -0.480 e. The van der Waals surface area contributed by atoms with Gasteiger partial charge >= 0.3 is 12.1 Å². The number of Topliss-reactive ketones (excluding diaryl/α,β-unsaturated/α-hetero) is 1. The Labute approximate surface area is 249 Å². The maximum atomic E-state index is 13.3. The van der Waals surface area contributed by atoms with Crippen molar-refractivity contribution in [1.82, 2.24) is 21.3 Å². The zero-order chi connectivity index (χ0) is 31.2. The molecule has 0 unspecified atom stereocenters. The molecule has 1 rings (SSSR count). The number of ketones is 1. The van der Waals surface area contributed by atoms with E-state index in [1.807, 2.05) is 6.92 Å². The average molecular weight is 599 g/mol. The summed E-state index contributed by atoms with van der Waals surface area (Å²) in [5, 5.41) is 20.5. The summed E-state index contributed by atoms with van der Waals surface area (Å²) in [6, 6.07) is -1.56. The van der Waals surface area contributed by atoms with Crippen molar-refractivity contribution in [1.29, 1.82) is 0 Å². The fourth-order valence-electron chi connectivity index (χ4n) is 4.47. The number of amides is 3. The Morgan fingerprint density at radius 1 is 0.927 bits per heavy atom. The first-order valence-corrected chi connectivity index (χ1v) is 15.1. The summed E-state index contributed by atoms with van der Waals surface area (Å²) in [5.74, 6) is -1.95. The van der Waals surface area contributed by atoms with E-state index in [1.165, 1.54) is 13.8 Å². The summed E-state index contributed by atoms with van der Waals surface area (Å²) >= 11 is 5.24. The molecule has 0 aromatic carbocycles. The molecule has 1 fully saturated rings. The minimum absolute atomic E-state index is 0.0436. The van der Waals surface area contributed by atoms with Gasteiger partial charge in [-0.15, -0.1) is 0 Å². The Kier molecular flexibility index (Phi) is 15.3. The largest absolute Gasteiger partial charge is 0.480 e.